The number of nitrogens with zero attached hydrogens (tertiary/aromatic N) is 2. The Hall–Kier alpha value is -1.20. The molecule has 2 rings (SSSR count). The zero-order valence-electron chi connectivity index (χ0n) is 10.6. The van der Waals surface area contributed by atoms with Gasteiger partial charge in [-0.3, -0.25) is 4.68 Å². The van der Waals surface area contributed by atoms with Crippen molar-refractivity contribution >= 4 is 11.8 Å². The number of nitrogens with one attached hydrogen (secondary N) is 1. The number of aromatic nitrogens is 2. The van der Waals surface area contributed by atoms with E-state index in [4.69, 9.17) is 4.42 Å². The summed E-state index contributed by atoms with van der Waals surface area (Å²) in [5, 5.41) is 8.82. The molecule has 0 aliphatic carbocycles. The van der Waals surface area contributed by atoms with E-state index in [2.05, 4.69) is 10.4 Å². The smallest absolute Gasteiger partial charge is 0.114 e. The van der Waals surface area contributed by atoms with Gasteiger partial charge in [-0.15, -0.1) is 0 Å². The van der Waals surface area contributed by atoms with Crippen molar-refractivity contribution in [3.8, 4) is 0 Å². The first kappa shape index (κ1) is 12.3. The zero-order valence-corrected chi connectivity index (χ0v) is 11.4. The lowest BCUT2D eigenvalue weighted by atomic mass is 10.3. The third-order valence-electron chi connectivity index (χ3n) is 2.66. The Bertz CT molecular complexity index is 516. The van der Waals surface area contributed by atoms with Crippen LogP contribution in [0.1, 0.15) is 17.0 Å². The first-order valence-corrected chi connectivity index (χ1v) is 6.34. The molecule has 2 aromatic heterocycles. The van der Waals surface area contributed by atoms with Gasteiger partial charge in [-0.1, -0.05) is 11.8 Å². The molecule has 4 nitrogen and oxygen atoms in total. The van der Waals surface area contributed by atoms with Crippen molar-refractivity contribution in [2.75, 3.05) is 7.05 Å². The van der Waals surface area contributed by atoms with Gasteiger partial charge in [-0.25, -0.2) is 0 Å². The van der Waals surface area contributed by atoms with E-state index in [0.717, 1.165) is 22.9 Å². The summed E-state index contributed by atoms with van der Waals surface area (Å²) in [6, 6.07) is 1.99. The minimum atomic E-state index is 0.832. The van der Waals surface area contributed by atoms with Crippen LogP contribution in [-0.2, 0) is 13.6 Å². The van der Waals surface area contributed by atoms with Crippen LogP contribution >= 0.6 is 11.8 Å². The van der Waals surface area contributed by atoms with Gasteiger partial charge in [0.1, 0.15) is 10.8 Å². The molecule has 0 aliphatic heterocycles. The van der Waals surface area contributed by atoms with E-state index in [1.54, 1.807) is 18.0 Å². The molecule has 0 unspecified atom stereocenters. The molecule has 0 fully saturated rings. The quantitative estimate of drug-likeness (QED) is 0.906. The highest BCUT2D eigenvalue weighted by molar-refractivity contribution is 7.99. The van der Waals surface area contributed by atoms with Crippen molar-refractivity contribution in [2.45, 2.75) is 30.3 Å². The van der Waals surface area contributed by atoms with Gasteiger partial charge < -0.3 is 9.73 Å². The summed E-state index contributed by atoms with van der Waals surface area (Å²) in [5.74, 6) is 0.948. The normalized spacial score (nSPS) is 11.1. The highest BCUT2D eigenvalue weighted by Crippen LogP contribution is 2.33. The molecular weight excluding hydrogens is 234 g/mol. The molecule has 2 aromatic rings. The van der Waals surface area contributed by atoms with Gasteiger partial charge in [0.05, 0.1) is 16.9 Å². The Morgan fingerprint density at radius 2 is 2.24 bits per heavy atom. The molecule has 0 aromatic carbocycles. The lowest BCUT2D eigenvalue weighted by Gasteiger charge is -2.05. The average Bonchev–Trinajstić information content (AvgIpc) is 2.78. The van der Waals surface area contributed by atoms with Crippen molar-refractivity contribution < 1.29 is 4.42 Å². The molecule has 0 spiro atoms. The molecule has 0 aliphatic rings. The Balaban J connectivity index is 2.35. The lowest BCUT2D eigenvalue weighted by molar-refractivity contribution is 0.526. The van der Waals surface area contributed by atoms with Crippen LogP contribution < -0.4 is 5.32 Å². The Kier molecular flexibility index (Phi) is 3.59. The van der Waals surface area contributed by atoms with Crippen LogP contribution in [0.4, 0.5) is 0 Å². The summed E-state index contributed by atoms with van der Waals surface area (Å²) < 4.78 is 7.25. The third-order valence-corrected chi connectivity index (χ3v) is 4.01. The van der Waals surface area contributed by atoms with Gasteiger partial charge in [0, 0.05) is 19.2 Å². The van der Waals surface area contributed by atoms with Crippen LogP contribution in [0.5, 0.6) is 0 Å². The van der Waals surface area contributed by atoms with E-state index in [0.29, 0.717) is 0 Å². The average molecular weight is 251 g/mol. The maximum atomic E-state index is 5.32. The number of hydrogen-bond donors (Lipinski definition) is 1. The van der Waals surface area contributed by atoms with Crippen LogP contribution in [-0.4, -0.2) is 16.8 Å². The molecular formula is C12H17N3OS. The fourth-order valence-electron chi connectivity index (χ4n) is 1.77. The molecule has 92 valence electrons. The zero-order chi connectivity index (χ0) is 12.4. The van der Waals surface area contributed by atoms with E-state index in [1.807, 2.05) is 38.7 Å². The Labute approximate surface area is 105 Å². The van der Waals surface area contributed by atoms with E-state index in [-0.39, 0.29) is 0 Å². The van der Waals surface area contributed by atoms with Gasteiger partial charge in [-0.2, -0.15) is 5.10 Å². The van der Waals surface area contributed by atoms with Gasteiger partial charge >= 0.3 is 0 Å². The van der Waals surface area contributed by atoms with Gasteiger partial charge in [0.15, 0.2) is 0 Å². The molecule has 0 atom stereocenters. The molecule has 0 bridgehead atoms. The standard InChI is InChI=1S/C12H17N3OS/c1-8-10(7-13-3)12(15(4)14-8)17-11-5-6-16-9(11)2/h5-6,13H,7H2,1-4H3. The second-order valence-electron chi connectivity index (χ2n) is 3.97. The van der Waals surface area contributed by atoms with Crippen LogP contribution in [0.2, 0.25) is 0 Å². The number of furan rings is 1. The van der Waals surface area contributed by atoms with Crippen molar-refractivity contribution in [3.63, 3.8) is 0 Å². The van der Waals surface area contributed by atoms with Gasteiger partial charge in [0.2, 0.25) is 0 Å². The summed E-state index contributed by atoms with van der Waals surface area (Å²) in [6.07, 6.45) is 1.72. The van der Waals surface area contributed by atoms with Crippen LogP contribution in [0.3, 0.4) is 0 Å². The topological polar surface area (TPSA) is 43.0 Å². The summed E-state index contributed by atoms with van der Waals surface area (Å²) in [6.45, 7) is 4.85. The van der Waals surface area contributed by atoms with Crippen LogP contribution in [0, 0.1) is 13.8 Å². The van der Waals surface area contributed by atoms with Crippen LogP contribution in [0.25, 0.3) is 0 Å². The molecule has 0 amide bonds. The minimum Gasteiger partial charge on any atom is -0.468 e. The third kappa shape index (κ3) is 2.40. The molecule has 1 N–H and O–H groups in total. The highest BCUT2D eigenvalue weighted by atomic mass is 32.2. The largest absolute Gasteiger partial charge is 0.468 e. The summed E-state index contributed by atoms with van der Waals surface area (Å²) >= 11 is 1.70. The molecule has 0 saturated carbocycles. The number of rotatable bonds is 4. The molecule has 0 radical (unpaired) electrons. The Morgan fingerprint density at radius 1 is 1.47 bits per heavy atom. The molecule has 5 heteroatoms. The second-order valence-corrected chi connectivity index (χ2v) is 5.00. The first-order chi connectivity index (χ1) is 8.13. The van der Waals surface area contributed by atoms with Crippen molar-refractivity contribution in [1.29, 1.82) is 0 Å². The predicted molar refractivity (Wildman–Crippen MR) is 68.3 cm³/mol. The predicted octanol–water partition coefficient (Wildman–Crippen LogP) is 2.50. The van der Waals surface area contributed by atoms with E-state index >= 15 is 0 Å². The summed E-state index contributed by atoms with van der Waals surface area (Å²) in [5.41, 5.74) is 2.33. The molecule has 0 saturated heterocycles. The lowest BCUT2D eigenvalue weighted by Crippen LogP contribution is -2.06. The highest BCUT2D eigenvalue weighted by Gasteiger charge is 2.15. The van der Waals surface area contributed by atoms with Crippen LogP contribution in [0.15, 0.2) is 26.7 Å². The van der Waals surface area contributed by atoms with E-state index in [1.165, 1.54) is 10.6 Å². The Morgan fingerprint density at radius 3 is 2.82 bits per heavy atom. The molecule has 17 heavy (non-hydrogen) atoms. The monoisotopic (exact) mass is 251 g/mol. The second kappa shape index (κ2) is 4.98. The molecule has 2 heterocycles. The van der Waals surface area contributed by atoms with Crippen molar-refractivity contribution in [1.82, 2.24) is 15.1 Å². The fourth-order valence-corrected chi connectivity index (χ4v) is 2.81. The van der Waals surface area contributed by atoms with E-state index < -0.39 is 0 Å². The first-order valence-electron chi connectivity index (χ1n) is 5.52. The SMILES string of the molecule is CNCc1c(C)nn(C)c1Sc1ccoc1C. The van der Waals surface area contributed by atoms with Gasteiger partial charge in [-0.05, 0) is 27.0 Å². The maximum Gasteiger partial charge on any atom is 0.114 e. The van der Waals surface area contributed by atoms with E-state index in [9.17, 15) is 0 Å². The minimum absolute atomic E-state index is 0.832. The summed E-state index contributed by atoms with van der Waals surface area (Å²) in [7, 11) is 3.92. The fraction of sp³-hybridized carbons (Fsp3) is 0.417. The summed E-state index contributed by atoms with van der Waals surface area (Å²) in [4.78, 5) is 1.14. The van der Waals surface area contributed by atoms with Crippen molar-refractivity contribution in [2.24, 2.45) is 7.05 Å². The number of aryl methyl sites for hydroxylation is 3. The maximum absolute atomic E-state index is 5.32. The number of hydrogen-bond acceptors (Lipinski definition) is 4. The van der Waals surface area contributed by atoms with Gasteiger partial charge in [0.25, 0.3) is 0 Å². The van der Waals surface area contributed by atoms with Crippen molar-refractivity contribution in [3.05, 3.63) is 29.3 Å².